The summed E-state index contributed by atoms with van der Waals surface area (Å²) in [6.07, 6.45) is 3.64. The third kappa shape index (κ3) is 1.46. The first-order valence-electron chi connectivity index (χ1n) is 4.24. The van der Waals surface area contributed by atoms with Crippen molar-refractivity contribution in [3.8, 4) is 5.69 Å². The van der Waals surface area contributed by atoms with Crippen LogP contribution in [0.1, 0.15) is 5.82 Å². The normalized spacial score (nSPS) is 10.4. The van der Waals surface area contributed by atoms with E-state index in [1.807, 2.05) is 29.8 Å². The Morgan fingerprint density at radius 1 is 1.43 bits per heavy atom. The van der Waals surface area contributed by atoms with E-state index in [2.05, 4.69) is 4.98 Å². The lowest BCUT2D eigenvalue weighted by molar-refractivity contribution is 0.975. The number of nitrogens with two attached hydrogens (primary N) is 1. The van der Waals surface area contributed by atoms with Crippen LogP contribution in [0.4, 0.5) is 5.69 Å². The van der Waals surface area contributed by atoms with Gasteiger partial charge in [0.15, 0.2) is 0 Å². The van der Waals surface area contributed by atoms with Gasteiger partial charge in [0, 0.05) is 18.1 Å². The lowest BCUT2D eigenvalue weighted by Crippen LogP contribution is -1.97. The van der Waals surface area contributed by atoms with E-state index in [1.54, 1.807) is 12.3 Å². The molecule has 0 atom stereocenters. The molecule has 0 saturated carbocycles. The van der Waals surface area contributed by atoms with Gasteiger partial charge in [0.25, 0.3) is 0 Å². The molecule has 0 bridgehead atoms. The number of nitrogen functional groups attached to an aromatic ring is 1. The second kappa shape index (κ2) is 3.35. The lowest BCUT2D eigenvalue weighted by Gasteiger charge is -2.06. The number of imidazole rings is 1. The number of aromatic nitrogens is 2. The average Bonchev–Trinajstić information content (AvgIpc) is 2.57. The first kappa shape index (κ1) is 9.09. The Morgan fingerprint density at radius 3 is 2.79 bits per heavy atom. The zero-order valence-electron chi connectivity index (χ0n) is 7.74. The highest BCUT2D eigenvalue weighted by Gasteiger charge is 2.02. The molecule has 1 aromatic heterocycles. The Balaban J connectivity index is 2.53. The first-order valence-corrected chi connectivity index (χ1v) is 4.61. The van der Waals surface area contributed by atoms with E-state index in [0.29, 0.717) is 10.7 Å². The molecule has 1 aromatic carbocycles. The zero-order chi connectivity index (χ0) is 10.1. The molecule has 0 aliphatic heterocycles. The van der Waals surface area contributed by atoms with Gasteiger partial charge in [0.1, 0.15) is 5.82 Å². The number of nitrogens with zero attached hydrogens (tertiary/aromatic N) is 2. The van der Waals surface area contributed by atoms with Gasteiger partial charge in [-0.1, -0.05) is 11.6 Å². The Kier molecular flexibility index (Phi) is 2.17. The summed E-state index contributed by atoms with van der Waals surface area (Å²) in [4.78, 5) is 4.13. The highest BCUT2D eigenvalue weighted by Crippen LogP contribution is 2.22. The second-order valence-electron chi connectivity index (χ2n) is 3.05. The molecule has 14 heavy (non-hydrogen) atoms. The van der Waals surface area contributed by atoms with Gasteiger partial charge in [-0.15, -0.1) is 0 Å². The second-order valence-corrected chi connectivity index (χ2v) is 3.46. The molecule has 0 unspecified atom stereocenters. The quantitative estimate of drug-likeness (QED) is 0.730. The van der Waals surface area contributed by atoms with Gasteiger partial charge in [-0.05, 0) is 25.1 Å². The van der Waals surface area contributed by atoms with Gasteiger partial charge in [0.2, 0.25) is 0 Å². The molecule has 0 aliphatic carbocycles. The maximum Gasteiger partial charge on any atom is 0.110 e. The summed E-state index contributed by atoms with van der Waals surface area (Å²) in [5.74, 6) is 0.923. The number of rotatable bonds is 1. The fourth-order valence-electron chi connectivity index (χ4n) is 1.33. The summed E-state index contributed by atoms with van der Waals surface area (Å²) < 4.78 is 1.95. The van der Waals surface area contributed by atoms with Crippen LogP contribution in [0, 0.1) is 6.92 Å². The molecule has 72 valence electrons. The van der Waals surface area contributed by atoms with E-state index < -0.39 is 0 Å². The minimum Gasteiger partial charge on any atom is -0.397 e. The molecule has 0 spiro atoms. The molecule has 4 heteroatoms. The minimum atomic E-state index is 0.575. The third-order valence-corrected chi connectivity index (χ3v) is 2.43. The first-order chi connectivity index (χ1) is 6.68. The van der Waals surface area contributed by atoms with Crippen molar-refractivity contribution in [1.82, 2.24) is 9.55 Å². The van der Waals surface area contributed by atoms with Crippen molar-refractivity contribution in [1.29, 1.82) is 0 Å². The predicted molar refractivity (Wildman–Crippen MR) is 57.7 cm³/mol. The van der Waals surface area contributed by atoms with Gasteiger partial charge in [-0.2, -0.15) is 0 Å². The van der Waals surface area contributed by atoms with Crippen molar-refractivity contribution in [2.45, 2.75) is 6.92 Å². The molecule has 2 N–H and O–H groups in total. The summed E-state index contributed by atoms with van der Waals surface area (Å²) in [6, 6.07) is 5.52. The Hall–Kier alpha value is -1.48. The number of hydrogen-bond acceptors (Lipinski definition) is 2. The number of hydrogen-bond donors (Lipinski definition) is 1. The summed E-state index contributed by atoms with van der Waals surface area (Å²) in [5.41, 5.74) is 7.27. The van der Waals surface area contributed by atoms with Crippen LogP contribution < -0.4 is 5.73 Å². The number of aryl methyl sites for hydroxylation is 1. The van der Waals surface area contributed by atoms with Crippen LogP contribution >= 0.6 is 11.6 Å². The average molecular weight is 208 g/mol. The van der Waals surface area contributed by atoms with E-state index in [4.69, 9.17) is 17.3 Å². The van der Waals surface area contributed by atoms with Crippen molar-refractivity contribution in [3.05, 3.63) is 41.4 Å². The van der Waals surface area contributed by atoms with Crippen LogP contribution in [0.2, 0.25) is 5.02 Å². The van der Waals surface area contributed by atoms with Crippen molar-refractivity contribution >= 4 is 17.3 Å². The standard InChI is InChI=1S/C10H10ClN3/c1-7-13-4-5-14(7)8-2-3-9(11)10(12)6-8/h2-6H,12H2,1H3. The monoisotopic (exact) mass is 207 g/mol. The summed E-state index contributed by atoms with van der Waals surface area (Å²) in [7, 11) is 0. The van der Waals surface area contributed by atoms with Crippen LogP contribution in [0.15, 0.2) is 30.6 Å². The fourth-order valence-corrected chi connectivity index (χ4v) is 1.45. The van der Waals surface area contributed by atoms with Crippen molar-refractivity contribution in [3.63, 3.8) is 0 Å². The van der Waals surface area contributed by atoms with Gasteiger partial charge < -0.3 is 10.3 Å². The molecule has 3 nitrogen and oxygen atoms in total. The number of benzene rings is 1. The molecule has 2 aromatic rings. The van der Waals surface area contributed by atoms with E-state index in [1.165, 1.54) is 0 Å². The smallest absolute Gasteiger partial charge is 0.110 e. The van der Waals surface area contributed by atoms with E-state index in [9.17, 15) is 0 Å². The Bertz CT molecular complexity index is 462. The van der Waals surface area contributed by atoms with Crippen molar-refractivity contribution in [2.75, 3.05) is 5.73 Å². The molecular formula is C10H10ClN3. The minimum absolute atomic E-state index is 0.575. The highest BCUT2D eigenvalue weighted by atomic mass is 35.5. The van der Waals surface area contributed by atoms with E-state index in [0.717, 1.165) is 11.5 Å². The maximum absolute atomic E-state index is 5.83. The van der Waals surface area contributed by atoms with Crippen molar-refractivity contribution < 1.29 is 0 Å². The summed E-state index contributed by atoms with van der Waals surface area (Å²) in [5, 5.41) is 0.575. The topological polar surface area (TPSA) is 43.8 Å². The molecular weight excluding hydrogens is 198 g/mol. The lowest BCUT2D eigenvalue weighted by atomic mass is 10.3. The number of anilines is 1. The molecule has 0 saturated heterocycles. The van der Waals surface area contributed by atoms with Gasteiger partial charge in [-0.3, -0.25) is 0 Å². The van der Waals surface area contributed by atoms with Gasteiger partial charge >= 0.3 is 0 Å². The van der Waals surface area contributed by atoms with Crippen LogP contribution in [-0.2, 0) is 0 Å². The largest absolute Gasteiger partial charge is 0.397 e. The van der Waals surface area contributed by atoms with E-state index in [-0.39, 0.29) is 0 Å². The van der Waals surface area contributed by atoms with Crippen LogP contribution in [0.25, 0.3) is 5.69 Å². The highest BCUT2D eigenvalue weighted by molar-refractivity contribution is 6.33. The van der Waals surface area contributed by atoms with Gasteiger partial charge in [-0.25, -0.2) is 4.98 Å². The third-order valence-electron chi connectivity index (χ3n) is 2.08. The van der Waals surface area contributed by atoms with E-state index >= 15 is 0 Å². The molecule has 0 aliphatic rings. The fraction of sp³-hybridized carbons (Fsp3) is 0.100. The van der Waals surface area contributed by atoms with Crippen LogP contribution in [-0.4, -0.2) is 9.55 Å². The molecule has 0 amide bonds. The Morgan fingerprint density at radius 2 is 2.21 bits per heavy atom. The molecule has 1 heterocycles. The van der Waals surface area contributed by atoms with Crippen molar-refractivity contribution in [2.24, 2.45) is 0 Å². The number of halogens is 1. The Labute approximate surface area is 87.1 Å². The van der Waals surface area contributed by atoms with Crippen LogP contribution in [0.3, 0.4) is 0 Å². The SMILES string of the molecule is Cc1nccn1-c1ccc(Cl)c(N)c1. The molecule has 0 radical (unpaired) electrons. The zero-order valence-corrected chi connectivity index (χ0v) is 8.49. The molecule has 2 rings (SSSR count). The summed E-state index contributed by atoms with van der Waals surface area (Å²) in [6.45, 7) is 1.94. The predicted octanol–water partition coefficient (Wildman–Crippen LogP) is 2.42. The maximum atomic E-state index is 5.83. The van der Waals surface area contributed by atoms with Gasteiger partial charge in [0.05, 0.1) is 10.7 Å². The summed E-state index contributed by atoms with van der Waals surface area (Å²) >= 11 is 5.83. The molecule has 0 fully saturated rings. The van der Waals surface area contributed by atoms with Crippen LogP contribution in [0.5, 0.6) is 0 Å².